The fraction of sp³-hybridized carbons (Fsp3) is 0.500. The van der Waals surface area contributed by atoms with Crippen molar-refractivity contribution in [3.05, 3.63) is 28.7 Å². The van der Waals surface area contributed by atoms with Crippen molar-refractivity contribution in [3.8, 4) is 0 Å². The Kier molecular flexibility index (Phi) is 4.77. The van der Waals surface area contributed by atoms with Gasteiger partial charge in [0.15, 0.2) is 0 Å². The van der Waals surface area contributed by atoms with Gasteiger partial charge >= 0.3 is 0 Å². The summed E-state index contributed by atoms with van der Waals surface area (Å²) < 4.78 is 27.6. The summed E-state index contributed by atoms with van der Waals surface area (Å²) in [5, 5.41) is 3.28. The van der Waals surface area contributed by atoms with Gasteiger partial charge in [0.05, 0.1) is 4.90 Å². The van der Waals surface area contributed by atoms with E-state index in [1.807, 2.05) is 6.07 Å². The average molecular weight is 333 g/mol. The molecule has 18 heavy (non-hydrogen) atoms. The van der Waals surface area contributed by atoms with Gasteiger partial charge in [-0.2, -0.15) is 0 Å². The molecule has 1 atom stereocenters. The lowest BCUT2D eigenvalue weighted by molar-refractivity contribution is 0.376. The Labute approximate surface area is 116 Å². The van der Waals surface area contributed by atoms with Crippen molar-refractivity contribution in [2.24, 2.45) is 5.92 Å². The maximum absolute atomic E-state index is 12.1. The van der Waals surface area contributed by atoms with Crippen LogP contribution in [0.15, 0.2) is 33.6 Å². The van der Waals surface area contributed by atoms with Crippen LogP contribution in [0.3, 0.4) is 0 Å². The Morgan fingerprint density at radius 1 is 1.44 bits per heavy atom. The smallest absolute Gasteiger partial charge is 0.240 e. The first kappa shape index (κ1) is 14.0. The van der Waals surface area contributed by atoms with Gasteiger partial charge in [0.2, 0.25) is 10.0 Å². The Morgan fingerprint density at radius 2 is 2.28 bits per heavy atom. The number of piperidine rings is 1. The van der Waals surface area contributed by atoms with Gasteiger partial charge in [-0.05, 0) is 50.0 Å². The molecule has 0 bridgehead atoms. The molecule has 2 rings (SSSR count). The van der Waals surface area contributed by atoms with Crippen molar-refractivity contribution in [2.75, 3.05) is 19.6 Å². The molecule has 1 aliphatic rings. The molecule has 0 spiro atoms. The van der Waals surface area contributed by atoms with Crippen LogP contribution < -0.4 is 10.0 Å². The summed E-state index contributed by atoms with van der Waals surface area (Å²) in [5.41, 5.74) is 0. The van der Waals surface area contributed by atoms with Crippen LogP contribution in [0.5, 0.6) is 0 Å². The average Bonchev–Trinajstić information content (AvgIpc) is 2.38. The van der Waals surface area contributed by atoms with E-state index in [4.69, 9.17) is 0 Å². The highest BCUT2D eigenvalue weighted by molar-refractivity contribution is 9.10. The standard InChI is InChI=1S/C12H17BrN2O2S/c13-11-4-1-5-12(7-11)18(16,17)15-9-10-3-2-6-14-8-10/h1,4-5,7,10,14-15H,2-3,6,8-9H2. The second-order valence-corrected chi connectivity index (χ2v) is 7.20. The number of sulfonamides is 1. The lowest BCUT2D eigenvalue weighted by Gasteiger charge is -2.22. The number of halogens is 1. The number of nitrogens with one attached hydrogen (secondary N) is 2. The lowest BCUT2D eigenvalue weighted by Crippen LogP contribution is -2.38. The maximum Gasteiger partial charge on any atom is 0.240 e. The highest BCUT2D eigenvalue weighted by Gasteiger charge is 2.18. The molecule has 4 nitrogen and oxygen atoms in total. The number of hydrogen-bond acceptors (Lipinski definition) is 3. The predicted octanol–water partition coefficient (Wildman–Crippen LogP) is 1.73. The van der Waals surface area contributed by atoms with E-state index in [-0.39, 0.29) is 0 Å². The van der Waals surface area contributed by atoms with E-state index in [1.165, 1.54) is 0 Å². The van der Waals surface area contributed by atoms with Gasteiger partial charge in [-0.25, -0.2) is 13.1 Å². The summed E-state index contributed by atoms with van der Waals surface area (Å²) in [6, 6.07) is 6.75. The minimum absolute atomic E-state index is 0.306. The van der Waals surface area contributed by atoms with Gasteiger partial charge < -0.3 is 5.32 Å². The third-order valence-electron chi connectivity index (χ3n) is 3.07. The number of hydrogen-bond donors (Lipinski definition) is 2. The summed E-state index contributed by atoms with van der Waals surface area (Å²) in [7, 11) is -3.39. The Morgan fingerprint density at radius 3 is 2.94 bits per heavy atom. The molecule has 1 aliphatic heterocycles. The minimum Gasteiger partial charge on any atom is -0.316 e. The molecule has 0 aliphatic carbocycles. The zero-order valence-electron chi connectivity index (χ0n) is 10.0. The van der Waals surface area contributed by atoms with E-state index in [0.29, 0.717) is 17.4 Å². The van der Waals surface area contributed by atoms with E-state index in [0.717, 1.165) is 30.4 Å². The zero-order valence-corrected chi connectivity index (χ0v) is 12.4. The molecule has 1 aromatic rings. The first-order chi connectivity index (χ1) is 8.58. The van der Waals surface area contributed by atoms with Crippen LogP contribution in [0.4, 0.5) is 0 Å². The van der Waals surface area contributed by atoms with Crippen molar-refractivity contribution in [1.82, 2.24) is 10.0 Å². The van der Waals surface area contributed by atoms with Crippen LogP contribution in [0, 0.1) is 5.92 Å². The van der Waals surface area contributed by atoms with Crippen LogP contribution in [0.1, 0.15) is 12.8 Å². The maximum atomic E-state index is 12.1. The summed E-state index contributed by atoms with van der Waals surface area (Å²) >= 11 is 3.28. The van der Waals surface area contributed by atoms with E-state index < -0.39 is 10.0 Å². The first-order valence-corrected chi connectivity index (χ1v) is 8.31. The summed E-state index contributed by atoms with van der Waals surface area (Å²) in [4.78, 5) is 0.306. The molecular weight excluding hydrogens is 316 g/mol. The van der Waals surface area contributed by atoms with Gasteiger partial charge in [-0.3, -0.25) is 0 Å². The van der Waals surface area contributed by atoms with Crippen LogP contribution in [0.25, 0.3) is 0 Å². The monoisotopic (exact) mass is 332 g/mol. The second kappa shape index (κ2) is 6.14. The molecule has 1 aromatic carbocycles. The van der Waals surface area contributed by atoms with Gasteiger partial charge in [0, 0.05) is 11.0 Å². The van der Waals surface area contributed by atoms with Gasteiger partial charge in [-0.1, -0.05) is 22.0 Å². The Balaban J connectivity index is 1.98. The Bertz CT molecular complexity index is 499. The molecule has 0 radical (unpaired) electrons. The molecule has 2 N–H and O–H groups in total. The van der Waals surface area contributed by atoms with Gasteiger partial charge in [-0.15, -0.1) is 0 Å². The molecule has 1 unspecified atom stereocenters. The fourth-order valence-electron chi connectivity index (χ4n) is 2.04. The summed E-state index contributed by atoms with van der Waals surface area (Å²) in [5.74, 6) is 0.390. The summed E-state index contributed by atoms with van der Waals surface area (Å²) in [6.07, 6.45) is 2.19. The number of benzene rings is 1. The van der Waals surface area contributed by atoms with Crippen LogP contribution in [-0.2, 0) is 10.0 Å². The predicted molar refractivity (Wildman–Crippen MR) is 74.9 cm³/mol. The fourth-order valence-corrected chi connectivity index (χ4v) is 3.76. The second-order valence-electron chi connectivity index (χ2n) is 4.52. The molecule has 6 heteroatoms. The highest BCUT2D eigenvalue weighted by Crippen LogP contribution is 2.16. The molecule has 1 fully saturated rings. The van der Waals surface area contributed by atoms with Crippen LogP contribution in [0.2, 0.25) is 0 Å². The Hall–Kier alpha value is -0.430. The third-order valence-corrected chi connectivity index (χ3v) is 4.98. The van der Waals surface area contributed by atoms with Crippen molar-refractivity contribution in [1.29, 1.82) is 0 Å². The lowest BCUT2D eigenvalue weighted by atomic mass is 10.0. The first-order valence-electron chi connectivity index (χ1n) is 6.04. The van der Waals surface area contributed by atoms with Crippen LogP contribution in [-0.4, -0.2) is 28.1 Å². The molecule has 1 heterocycles. The van der Waals surface area contributed by atoms with Crippen molar-refractivity contribution in [2.45, 2.75) is 17.7 Å². The quantitative estimate of drug-likeness (QED) is 0.882. The van der Waals surface area contributed by atoms with Crippen molar-refractivity contribution >= 4 is 26.0 Å². The molecule has 0 amide bonds. The van der Waals surface area contributed by atoms with E-state index in [2.05, 4.69) is 26.0 Å². The molecular formula is C12H17BrN2O2S. The van der Waals surface area contributed by atoms with Gasteiger partial charge in [0.1, 0.15) is 0 Å². The van der Waals surface area contributed by atoms with Gasteiger partial charge in [0.25, 0.3) is 0 Å². The van der Waals surface area contributed by atoms with Crippen molar-refractivity contribution in [3.63, 3.8) is 0 Å². The highest BCUT2D eigenvalue weighted by atomic mass is 79.9. The largest absolute Gasteiger partial charge is 0.316 e. The summed E-state index contributed by atoms with van der Waals surface area (Å²) in [6.45, 7) is 2.43. The zero-order chi connectivity index (χ0) is 13.0. The SMILES string of the molecule is O=S(=O)(NCC1CCCNC1)c1cccc(Br)c1. The number of rotatable bonds is 4. The molecule has 1 saturated heterocycles. The van der Waals surface area contributed by atoms with Crippen LogP contribution >= 0.6 is 15.9 Å². The van der Waals surface area contributed by atoms with Crippen molar-refractivity contribution < 1.29 is 8.42 Å². The molecule has 0 saturated carbocycles. The van der Waals surface area contributed by atoms with E-state index in [9.17, 15) is 8.42 Å². The molecule has 0 aromatic heterocycles. The minimum atomic E-state index is -3.39. The topological polar surface area (TPSA) is 58.2 Å². The normalized spacial score (nSPS) is 20.8. The molecule has 100 valence electrons. The van der Waals surface area contributed by atoms with E-state index >= 15 is 0 Å². The van der Waals surface area contributed by atoms with E-state index in [1.54, 1.807) is 18.2 Å². The third kappa shape index (κ3) is 3.78.